The Morgan fingerprint density at radius 1 is 1.08 bits per heavy atom. The molecule has 2 fully saturated rings. The third kappa shape index (κ3) is 2.58. The zero-order valence-electron chi connectivity index (χ0n) is 13.8. The second-order valence-electron chi connectivity index (χ2n) is 7.90. The van der Waals surface area contributed by atoms with Crippen LogP contribution in [0.15, 0.2) is 9.59 Å². The van der Waals surface area contributed by atoms with Gasteiger partial charge >= 0.3 is 5.69 Å². The number of nitrogens with zero attached hydrogens (tertiary/aromatic N) is 1. The van der Waals surface area contributed by atoms with Crippen LogP contribution in [0.5, 0.6) is 0 Å². The van der Waals surface area contributed by atoms with Crippen molar-refractivity contribution in [2.24, 2.45) is 5.92 Å². The van der Waals surface area contributed by atoms with Crippen LogP contribution in [0.2, 0.25) is 0 Å². The molecule has 1 aromatic rings. The van der Waals surface area contributed by atoms with Gasteiger partial charge in [0.25, 0.3) is 5.56 Å². The molecule has 0 saturated heterocycles. The van der Waals surface area contributed by atoms with Crippen LogP contribution in [-0.4, -0.2) is 21.5 Å². The molecule has 1 aromatic heterocycles. The Kier molecular flexibility index (Phi) is 3.41. The fraction of sp³-hybridized carbons (Fsp3) is 0.765. The summed E-state index contributed by atoms with van der Waals surface area (Å²) in [6, 6.07) is 0.0519. The van der Waals surface area contributed by atoms with Gasteiger partial charge in [0.15, 0.2) is 0 Å². The molecule has 7 heteroatoms. The van der Waals surface area contributed by atoms with Gasteiger partial charge in [0.05, 0.1) is 11.1 Å². The lowest BCUT2D eigenvalue weighted by atomic mass is 9.79. The van der Waals surface area contributed by atoms with E-state index < -0.39 is 5.92 Å². The lowest BCUT2D eigenvalue weighted by Crippen LogP contribution is -2.46. The number of H-pyrrole nitrogens is 1. The molecule has 0 unspecified atom stereocenters. The van der Waals surface area contributed by atoms with Gasteiger partial charge in [-0.25, -0.2) is 13.6 Å². The Bertz CT molecular complexity index is 769. The molecule has 132 valence electrons. The van der Waals surface area contributed by atoms with Crippen LogP contribution in [0, 0.1) is 5.92 Å². The first-order chi connectivity index (χ1) is 11.3. The summed E-state index contributed by atoms with van der Waals surface area (Å²) in [5, 5.41) is 3.26. The smallest absolute Gasteiger partial charge is 0.330 e. The van der Waals surface area contributed by atoms with E-state index in [1.54, 1.807) is 0 Å². The van der Waals surface area contributed by atoms with Crippen molar-refractivity contribution in [1.82, 2.24) is 9.55 Å². The SMILES string of the molecule is CC1(n2c(=O)[nH]c3c(c2=O)CC[C@H](C2CCC(F)(F)CC2)N3)CC1. The third-order valence-corrected chi connectivity index (χ3v) is 6.08. The molecule has 2 heterocycles. The van der Waals surface area contributed by atoms with E-state index in [-0.39, 0.29) is 41.6 Å². The van der Waals surface area contributed by atoms with Crippen LogP contribution in [0.25, 0.3) is 0 Å². The van der Waals surface area contributed by atoms with Gasteiger partial charge in [0, 0.05) is 18.9 Å². The average molecular weight is 339 g/mol. The van der Waals surface area contributed by atoms with Gasteiger partial charge in [-0.05, 0) is 51.4 Å². The van der Waals surface area contributed by atoms with E-state index in [0.717, 1.165) is 19.3 Å². The fourth-order valence-electron chi connectivity index (χ4n) is 4.20. The molecule has 0 amide bonds. The molecule has 1 atom stereocenters. The van der Waals surface area contributed by atoms with E-state index in [0.29, 0.717) is 30.6 Å². The Morgan fingerprint density at radius 3 is 2.38 bits per heavy atom. The quantitative estimate of drug-likeness (QED) is 0.870. The topological polar surface area (TPSA) is 66.9 Å². The molecule has 2 saturated carbocycles. The number of aromatic amines is 1. The molecule has 0 bridgehead atoms. The number of rotatable bonds is 2. The minimum absolute atomic E-state index is 0.0519. The predicted molar refractivity (Wildman–Crippen MR) is 86.8 cm³/mol. The van der Waals surface area contributed by atoms with E-state index in [9.17, 15) is 18.4 Å². The van der Waals surface area contributed by atoms with Gasteiger partial charge in [-0.15, -0.1) is 0 Å². The summed E-state index contributed by atoms with van der Waals surface area (Å²) in [7, 11) is 0. The molecule has 1 aliphatic heterocycles. The third-order valence-electron chi connectivity index (χ3n) is 6.08. The molecule has 5 nitrogen and oxygen atoms in total. The molecule has 4 rings (SSSR count). The molecule has 3 aliphatic rings. The summed E-state index contributed by atoms with van der Waals surface area (Å²) in [5.74, 6) is -1.87. The summed E-state index contributed by atoms with van der Waals surface area (Å²) in [5.41, 5.74) is -0.289. The highest BCUT2D eigenvalue weighted by Crippen LogP contribution is 2.42. The first-order valence-corrected chi connectivity index (χ1v) is 8.82. The van der Waals surface area contributed by atoms with Crippen LogP contribution in [0.3, 0.4) is 0 Å². The summed E-state index contributed by atoms with van der Waals surface area (Å²) in [6.07, 6.45) is 3.87. The van der Waals surface area contributed by atoms with Gasteiger partial charge in [0.1, 0.15) is 5.82 Å². The predicted octanol–water partition coefficient (Wildman–Crippen LogP) is 2.60. The highest BCUT2D eigenvalue weighted by atomic mass is 19.3. The molecule has 2 N–H and O–H groups in total. The Balaban J connectivity index is 1.58. The number of fused-ring (bicyclic) bond motifs is 1. The lowest BCUT2D eigenvalue weighted by molar-refractivity contribution is -0.0478. The summed E-state index contributed by atoms with van der Waals surface area (Å²) >= 11 is 0. The number of alkyl halides is 2. The van der Waals surface area contributed by atoms with E-state index >= 15 is 0 Å². The molecule has 0 aromatic carbocycles. The van der Waals surface area contributed by atoms with Gasteiger partial charge < -0.3 is 5.32 Å². The van der Waals surface area contributed by atoms with Gasteiger partial charge in [0.2, 0.25) is 5.92 Å². The maximum atomic E-state index is 13.3. The second-order valence-corrected chi connectivity index (χ2v) is 7.90. The maximum Gasteiger partial charge on any atom is 0.330 e. The van der Waals surface area contributed by atoms with Crippen molar-refractivity contribution in [3.63, 3.8) is 0 Å². The Labute approximate surface area is 138 Å². The monoisotopic (exact) mass is 339 g/mol. The molecule has 24 heavy (non-hydrogen) atoms. The zero-order valence-corrected chi connectivity index (χ0v) is 13.8. The van der Waals surface area contributed by atoms with Crippen molar-refractivity contribution in [2.75, 3.05) is 5.32 Å². The number of halogens is 2. The number of hydrogen-bond acceptors (Lipinski definition) is 3. The van der Waals surface area contributed by atoms with Crippen LogP contribution in [0.1, 0.15) is 57.4 Å². The van der Waals surface area contributed by atoms with Gasteiger partial charge in [-0.1, -0.05) is 0 Å². The van der Waals surface area contributed by atoms with Crippen molar-refractivity contribution in [1.29, 1.82) is 0 Å². The fourth-order valence-corrected chi connectivity index (χ4v) is 4.20. The average Bonchev–Trinajstić information content (AvgIpc) is 3.25. The minimum atomic E-state index is -2.54. The van der Waals surface area contributed by atoms with Crippen LogP contribution < -0.4 is 16.6 Å². The van der Waals surface area contributed by atoms with Crippen LogP contribution in [-0.2, 0) is 12.0 Å². The highest BCUT2D eigenvalue weighted by Gasteiger charge is 2.43. The first kappa shape index (κ1) is 15.8. The van der Waals surface area contributed by atoms with Crippen molar-refractivity contribution in [2.45, 2.75) is 75.8 Å². The van der Waals surface area contributed by atoms with E-state index in [1.807, 2.05) is 6.92 Å². The molecule has 0 radical (unpaired) electrons. The highest BCUT2D eigenvalue weighted by molar-refractivity contribution is 5.46. The molecule has 2 aliphatic carbocycles. The number of nitrogens with one attached hydrogen (secondary N) is 2. The molecule has 0 spiro atoms. The van der Waals surface area contributed by atoms with Crippen LogP contribution >= 0.6 is 0 Å². The minimum Gasteiger partial charge on any atom is -0.368 e. The van der Waals surface area contributed by atoms with Gasteiger partial charge in [-0.2, -0.15) is 0 Å². The Morgan fingerprint density at radius 2 is 1.75 bits per heavy atom. The number of anilines is 1. The van der Waals surface area contributed by atoms with Crippen molar-refractivity contribution < 1.29 is 8.78 Å². The lowest BCUT2D eigenvalue weighted by Gasteiger charge is -2.37. The number of hydrogen-bond donors (Lipinski definition) is 2. The van der Waals surface area contributed by atoms with Crippen molar-refractivity contribution in [3.05, 3.63) is 26.4 Å². The van der Waals surface area contributed by atoms with Crippen molar-refractivity contribution >= 4 is 5.82 Å². The van der Waals surface area contributed by atoms with Crippen molar-refractivity contribution in [3.8, 4) is 0 Å². The molecular weight excluding hydrogens is 316 g/mol. The van der Waals surface area contributed by atoms with Crippen LogP contribution in [0.4, 0.5) is 14.6 Å². The van der Waals surface area contributed by atoms with Gasteiger partial charge in [-0.3, -0.25) is 14.3 Å². The second kappa shape index (κ2) is 5.17. The first-order valence-electron chi connectivity index (χ1n) is 8.82. The normalized spacial score (nSPS) is 28.0. The molecular formula is C17H23F2N3O2. The largest absolute Gasteiger partial charge is 0.368 e. The summed E-state index contributed by atoms with van der Waals surface area (Å²) < 4.78 is 28.0. The zero-order chi connectivity index (χ0) is 17.1. The summed E-state index contributed by atoms with van der Waals surface area (Å²) in [4.78, 5) is 27.8. The van der Waals surface area contributed by atoms with E-state index in [1.165, 1.54) is 4.57 Å². The maximum absolute atomic E-state index is 13.3. The standard InChI is InChI=1S/C17H23F2N3O2/c1-16(8-9-16)22-14(23)11-2-3-12(20-13(11)21-15(22)24)10-4-6-17(18,19)7-5-10/h10,12,20H,2-9H2,1H3,(H,21,24)/t12-/m1/s1. The summed E-state index contributed by atoms with van der Waals surface area (Å²) in [6.45, 7) is 1.93. The van der Waals surface area contributed by atoms with E-state index in [2.05, 4.69) is 10.3 Å². The van der Waals surface area contributed by atoms with E-state index in [4.69, 9.17) is 0 Å². The Hall–Kier alpha value is -1.66. The number of aromatic nitrogens is 2.